The van der Waals surface area contributed by atoms with Crippen molar-refractivity contribution in [3.63, 3.8) is 0 Å². The molecule has 0 bridgehead atoms. The van der Waals surface area contributed by atoms with Gasteiger partial charge in [0.1, 0.15) is 5.56 Å². The summed E-state index contributed by atoms with van der Waals surface area (Å²) in [4.78, 5) is 24.7. The molecule has 0 spiro atoms. The van der Waals surface area contributed by atoms with Gasteiger partial charge in [-0.05, 0) is 37.5 Å². The second-order valence-electron chi connectivity index (χ2n) is 5.89. The van der Waals surface area contributed by atoms with E-state index in [4.69, 9.17) is 4.74 Å². The quantitative estimate of drug-likeness (QED) is 0.644. The molecule has 3 rings (SSSR count). The van der Waals surface area contributed by atoms with Crippen LogP contribution in [0, 0.1) is 0 Å². The number of ether oxygens (including phenoxy) is 1. The highest BCUT2D eigenvalue weighted by Gasteiger charge is 2.16. The minimum Gasteiger partial charge on any atom is -0.462 e. The fourth-order valence-corrected chi connectivity index (χ4v) is 2.98. The van der Waals surface area contributed by atoms with E-state index < -0.39 is 5.97 Å². The Labute approximate surface area is 146 Å². The minimum atomic E-state index is -0.560. The summed E-state index contributed by atoms with van der Waals surface area (Å²) in [6.07, 6.45) is 3.49. The monoisotopic (exact) mass is 335 g/mol. The molecule has 0 fully saturated rings. The van der Waals surface area contributed by atoms with Gasteiger partial charge in [-0.1, -0.05) is 42.5 Å². The molecule has 0 unspecified atom stereocenters. The lowest BCUT2D eigenvalue weighted by Gasteiger charge is -2.13. The molecule has 0 amide bonds. The van der Waals surface area contributed by atoms with Gasteiger partial charge in [-0.25, -0.2) is 4.79 Å². The second kappa shape index (κ2) is 7.79. The number of para-hydroxylation sites is 1. The Hall–Kier alpha value is -2.88. The molecule has 0 aliphatic carbocycles. The third-order valence-corrected chi connectivity index (χ3v) is 4.19. The van der Waals surface area contributed by atoms with Crippen molar-refractivity contribution in [1.82, 2.24) is 4.57 Å². The minimum absolute atomic E-state index is 0.0975. The number of hydrogen-bond donors (Lipinski definition) is 0. The lowest BCUT2D eigenvalue weighted by molar-refractivity contribution is 0.0524. The van der Waals surface area contributed by atoms with E-state index in [0.717, 1.165) is 24.9 Å². The van der Waals surface area contributed by atoms with Gasteiger partial charge in [0, 0.05) is 18.1 Å². The van der Waals surface area contributed by atoms with Crippen molar-refractivity contribution in [2.24, 2.45) is 0 Å². The first kappa shape index (κ1) is 17.0. The molecule has 0 aliphatic rings. The smallest absolute Gasteiger partial charge is 0.343 e. The SMILES string of the molecule is CCOC(=O)c1cn(CCCc2ccccc2)c2ccccc2c1=O. The summed E-state index contributed by atoms with van der Waals surface area (Å²) >= 11 is 0. The van der Waals surface area contributed by atoms with E-state index in [-0.39, 0.29) is 17.6 Å². The summed E-state index contributed by atoms with van der Waals surface area (Å²) in [5, 5.41) is 0.549. The number of nitrogens with zero attached hydrogens (tertiary/aromatic N) is 1. The summed E-state index contributed by atoms with van der Waals surface area (Å²) in [7, 11) is 0. The molecule has 128 valence electrons. The summed E-state index contributed by atoms with van der Waals surface area (Å²) in [6.45, 7) is 2.71. The molecule has 4 nitrogen and oxygen atoms in total. The Balaban J connectivity index is 1.91. The van der Waals surface area contributed by atoms with E-state index in [1.807, 2.05) is 41.0 Å². The van der Waals surface area contributed by atoms with Gasteiger partial charge < -0.3 is 9.30 Å². The van der Waals surface area contributed by atoms with Crippen molar-refractivity contribution < 1.29 is 9.53 Å². The highest BCUT2D eigenvalue weighted by atomic mass is 16.5. The first-order chi connectivity index (χ1) is 12.2. The zero-order valence-electron chi connectivity index (χ0n) is 14.3. The predicted molar refractivity (Wildman–Crippen MR) is 98.9 cm³/mol. The number of aromatic nitrogens is 1. The first-order valence-corrected chi connectivity index (χ1v) is 8.54. The van der Waals surface area contributed by atoms with Gasteiger partial charge in [0.05, 0.1) is 12.1 Å². The number of carbonyl (C=O) groups is 1. The number of aryl methyl sites for hydroxylation is 2. The Bertz CT molecular complexity index is 929. The van der Waals surface area contributed by atoms with Crippen molar-refractivity contribution in [2.45, 2.75) is 26.3 Å². The topological polar surface area (TPSA) is 48.3 Å². The van der Waals surface area contributed by atoms with Crippen molar-refractivity contribution in [3.8, 4) is 0 Å². The van der Waals surface area contributed by atoms with Crippen molar-refractivity contribution in [3.05, 3.63) is 82.1 Å². The molecular weight excluding hydrogens is 314 g/mol. The molecule has 0 aliphatic heterocycles. The molecule has 1 aromatic heterocycles. The van der Waals surface area contributed by atoms with Crippen LogP contribution < -0.4 is 5.43 Å². The molecular formula is C21H21NO3. The molecule has 0 saturated carbocycles. The largest absolute Gasteiger partial charge is 0.462 e. The van der Waals surface area contributed by atoms with Crippen LogP contribution in [0.2, 0.25) is 0 Å². The van der Waals surface area contributed by atoms with Gasteiger partial charge in [0.25, 0.3) is 0 Å². The Morgan fingerprint density at radius 1 is 1.04 bits per heavy atom. The van der Waals surface area contributed by atoms with Crippen LogP contribution in [0.1, 0.15) is 29.3 Å². The molecule has 3 aromatic rings. The summed E-state index contributed by atoms with van der Waals surface area (Å²) in [6, 6.07) is 17.7. The van der Waals surface area contributed by atoms with E-state index in [2.05, 4.69) is 12.1 Å². The van der Waals surface area contributed by atoms with Crippen LogP contribution >= 0.6 is 0 Å². The Morgan fingerprint density at radius 3 is 2.52 bits per heavy atom. The third kappa shape index (κ3) is 3.79. The van der Waals surface area contributed by atoms with Crippen LogP contribution in [0.5, 0.6) is 0 Å². The van der Waals surface area contributed by atoms with E-state index in [1.165, 1.54) is 5.56 Å². The van der Waals surface area contributed by atoms with E-state index in [9.17, 15) is 9.59 Å². The fourth-order valence-electron chi connectivity index (χ4n) is 2.98. The van der Waals surface area contributed by atoms with Gasteiger partial charge in [-0.15, -0.1) is 0 Å². The van der Waals surface area contributed by atoms with Gasteiger partial charge in [-0.2, -0.15) is 0 Å². The lowest BCUT2D eigenvalue weighted by Crippen LogP contribution is -2.21. The van der Waals surface area contributed by atoms with E-state index in [0.29, 0.717) is 5.39 Å². The van der Waals surface area contributed by atoms with Crippen LogP contribution in [0.3, 0.4) is 0 Å². The van der Waals surface area contributed by atoms with Gasteiger partial charge in [0.2, 0.25) is 5.43 Å². The summed E-state index contributed by atoms with van der Waals surface area (Å²) in [5.41, 5.74) is 1.95. The second-order valence-corrected chi connectivity index (χ2v) is 5.89. The van der Waals surface area contributed by atoms with Crippen molar-refractivity contribution in [1.29, 1.82) is 0 Å². The molecule has 0 saturated heterocycles. The number of benzene rings is 2. The predicted octanol–water partition coefficient (Wildman–Crippen LogP) is 3.81. The number of fused-ring (bicyclic) bond motifs is 1. The maximum Gasteiger partial charge on any atom is 0.343 e. The average Bonchev–Trinajstić information content (AvgIpc) is 2.65. The van der Waals surface area contributed by atoms with E-state index in [1.54, 1.807) is 19.2 Å². The Kier molecular flexibility index (Phi) is 5.29. The van der Waals surface area contributed by atoms with E-state index >= 15 is 0 Å². The molecule has 0 radical (unpaired) electrons. The number of carbonyl (C=O) groups excluding carboxylic acids is 1. The molecule has 0 N–H and O–H groups in total. The maximum atomic E-state index is 12.6. The van der Waals surface area contributed by atoms with Crippen molar-refractivity contribution in [2.75, 3.05) is 6.61 Å². The van der Waals surface area contributed by atoms with Crippen LogP contribution in [0.25, 0.3) is 10.9 Å². The van der Waals surface area contributed by atoms with Gasteiger partial charge in [-0.3, -0.25) is 4.79 Å². The zero-order valence-corrected chi connectivity index (χ0v) is 14.3. The van der Waals surface area contributed by atoms with Crippen LogP contribution in [0.4, 0.5) is 0 Å². The maximum absolute atomic E-state index is 12.6. The third-order valence-electron chi connectivity index (χ3n) is 4.19. The van der Waals surface area contributed by atoms with Crippen molar-refractivity contribution >= 4 is 16.9 Å². The summed E-state index contributed by atoms with van der Waals surface area (Å²) < 4.78 is 7.01. The highest BCUT2D eigenvalue weighted by Crippen LogP contribution is 2.14. The standard InChI is InChI=1S/C21H21NO3/c1-2-25-21(24)18-15-22(14-8-11-16-9-4-3-5-10-16)19-13-7-6-12-17(19)20(18)23/h3-7,9-10,12-13,15H,2,8,11,14H2,1H3. The number of pyridine rings is 1. The number of rotatable bonds is 6. The van der Waals surface area contributed by atoms with Crippen LogP contribution in [0.15, 0.2) is 65.6 Å². The lowest BCUT2D eigenvalue weighted by atomic mass is 10.1. The summed E-state index contributed by atoms with van der Waals surface area (Å²) in [5.74, 6) is -0.560. The molecule has 4 heteroatoms. The number of hydrogen-bond acceptors (Lipinski definition) is 3. The Morgan fingerprint density at radius 2 is 1.76 bits per heavy atom. The molecule has 0 atom stereocenters. The highest BCUT2D eigenvalue weighted by molar-refractivity contribution is 5.93. The van der Waals surface area contributed by atoms with Gasteiger partial charge >= 0.3 is 5.97 Å². The molecule has 25 heavy (non-hydrogen) atoms. The van der Waals surface area contributed by atoms with Crippen LogP contribution in [-0.4, -0.2) is 17.1 Å². The molecule has 2 aromatic carbocycles. The zero-order chi connectivity index (χ0) is 17.6. The average molecular weight is 335 g/mol. The van der Waals surface area contributed by atoms with Gasteiger partial charge in [0.15, 0.2) is 0 Å². The fraction of sp³-hybridized carbons (Fsp3) is 0.238. The van der Waals surface area contributed by atoms with Crippen LogP contribution in [-0.2, 0) is 17.7 Å². The molecule has 1 heterocycles. The number of esters is 1. The normalized spacial score (nSPS) is 10.8. The first-order valence-electron chi connectivity index (χ1n) is 8.54.